The van der Waals surface area contributed by atoms with Gasteiger partial charge in [0.1, 0.15) is 5.01 Å². The molecule has 5 nitrogen and oxygen atoms in total. The average Bonchev–Trinajstić information content (AvgIpc) is 3.18. The van der Waals surface area contributed by atoms with Gasteiger partial charge in [-0.15, -0.1) is 22.7 Å². The number of halogens is 1. The molecule has 1 saturated heterocycles. The summed E-state index contributed by atoms with van der Waals surface area (Å²) in [4.78, 5) is 16.3. The molecule has 8 heteroatoms. The molecule has 24 heavy (non-hydrogen) atoms. The number of guanidine groups is 1. The minimum Gasteiger partial charge on any atom is -0.350 e. The molecule has 0 bridgehead atoms. The van der Waals surface area contributed by atoms with Crippen molar-refractivity contribution in [1.82, 2.24) is 20.1 Å². The van der Waals surface area contributed by atoms with E-state index in [0.29, 0.717) is 0 Å². The fourth-order valence-electron chi connectivity index (χ4n) is 2.75. The molecule has 1 fully saturated rings. The molecule has 0 atom stereocenters. The van der Waals surface area contributed by atoms with Gasteiger partial charge in [-0.25, -0.2) is 4.98 Å². The Balaban J connectivity index is 1.47. The third-order valence-electron chi connectivity index (χ3n) is 3.96. The summed E-state index contributed by atoms with van der Waals surface area (Å²) in [7, 11) is 1.85. The second-order valence-corrected chi connectivity index (χ2v) is 9.60. The lowest BCUT2D eigenvalue weighted by Gasteiger charge is -2.36. The maximum absolute atomic E-state index is 4.43. The fourth-order valence-corrected chi connectivity index (χ4v) is 5.00. The number of hydrogen-bond acceptors (Lipinski definition) is 5. The Hall–Kier alpha value is -0.960. The number of aromatic nitrogens is 1. The third-order valence-corrected chi connectivity index (χ3v) is 6.48. The highest BCUT2D eigenvalue weighted by Crippen LogP contribution is 2.23. The third kappa shape index (κ3) is 4.78. The van der Waals surface area contributed by atoms with Gasteiger partial charge in [0.25, 0.3) is 0 Å². The van der Waals surface area contributed by atoms with Crippen molar-refractivity contribution in [3.8, 4) is 0 Å². The zero-order valence-electron chi connectivity index (χ0n) is 14.0. The monoisotopic (exact) mass is 427 g/mol. The molecule has 1 aliphatic rings. The normalized spacial score (nSPS) is 16.6. The van der Waals surface area contributed by atoms with Crippen molar-refractivity contribution in [2.24, 2.45) is 4.99 Å². The highest BCUT2D eigenvalue weighted by Gasteiger charge is 2.20. The molecule has 3 heterocycles. The Kier molecular flexibility index (Phi) is 6.26. The lowest BCUT2D eigenvalue weighted by atomic mass is 10.3. The second-order valence-electron chi connectivity index (χ2n) is 5.73. The first kappa shape index (κ1) is 17.8. The maximum atomic E-state index is 4.43. The van der Waals surface area contributed by atoms with Crippen LogP contribution in [0.3, 0.4) is 0 Å². The number of nitrogens with zero attached hydrogens (tertiary/aromatic N) is 4. The molecular formula is C16H22BrN5S2. The minimum atomic E-state index is 0.745. The van der Waals surface area contributed by atoms with E-state index in [9.17, 15) is 0 Å². The van der Waals surface area contributed by atoms with Crippen LogP contribution >= 0.6 is 38.6 Å². The molecule has 0 amide bonds. The molecule has 130 valence electrons. The number of hydrogen-bond donors (Lipinski definition) is 1. The van der Waals surface area contributed by atoms with Crippen molar-refractivity contribution < 1.29 is 0 Å². The van der Waals surface area contributed by atoms with Crippen LogP contribution in [0.2, 0.25) is 0 Å². The second kappa shape index (κ2) is 8.42. The molecular weight excluding hydrogens is 406 g/mol. The van der Waals surface area contributed by atoms with E-state index in [1.165, 1.54) is 13.5 Å². The first-order chi connectivity index (χ1) is 11.6. The largest absolute Gasteiger partial charge is 0.350 e. The molecule has 0 spiro atoms. The van der Waals surface area contributed by atoms with Gasteiger partial charge in [-0.1, -0.05) is 0 Å². The lowest BCUT2D eigenvalue weighted by Crippen LogP contribution is -2.51. The van der Waals surface area contributed by atoms with Crippen LogP contribution in [-0.2, 0) is 13.1 Å². The SMILES string of the molecule is CN=C(NCc1ncc(C)s1)N1CCN(Cc2ccc(Br)s2)CC1. The Bertz CT molecular complexity index is 688. The van der Waals surface area contributed by atoms with Gasteiger partial charge >= 0.3 is 0 Å². The van der Waals surface area contributed by atoms with E-state index in [4.69, 9.17) is 0 Å². The average molecular weight is 428 g/mol. The van der Waals surface area contributed by atoms with Gasteiger partial charge in [-0.3, -0.25) is 9.89 Å². The van der Waals surface area contributed by atoms with E-state index in [1.54, 1.807) is 11.3 Å². The number of thiazole rings is 1. The summed E-state index contributed by atoms with van der Waals surface area (Å²) in [6.07, 6.45) is 1.92. The standard InChI is InChI=1S/C16H22BrN5S2/c1-12-9-19-15(23-12)10-20-16(18-2)22-7-5-21(6-8-22)11-13-3-4-14(17)24-13/h3-4,9H,5-8,10-11H2,1-2H3,(H,18,20). The predicted octanol–water partition coefficient (Wildman–Crippen LogP) is 3.17. The number of nitrogens with one attached hydrogen (secondary N) is 1. The van der Waals surface area contributed by atoms with E-state index in [1.807, 2.05) is 24.6 Å². The Morgan fingerprint density at radius 3 is 2.67 bits per heavy atom. The van der Waals surface area contributed by atoms with E-state index < -0.39 is 0 Å². The van der Waals surface area contributed by atoms with Crippen molar-refractivity contribution in [2.45, 2.75) is 20.0 Å². The summed E-state index contributed by atoms with van der Waals surface area (Å²) in [5.74, 6) is 0.973. The first-order valence-corrected chi connectivity index (χ1v) is 10.4. The van der Waals surface area contributed by atoms with Gasteiger partial charge in [0.2, 0.25) is 0 Å². The van der Waals surface area contributed by atoms with Crippen molar-refractivity contribution in [1.29, 1.82) is 0 Å². The van der Waals surface area contributed by atoms with Crippen molar-refractivity contribution in [2.75, 3.05) is 33.2 Å². The molecule has 2 aromatic rings. The van der Waals surface area contributed by atoms with Gasteiger partial charge in [0, 0.05) is 55.7 Å². The summed E-state index contributed by atoms with van der Waals surface area (Å²) < 4.78 is 1.21. The number of rotatable bonds is 4. The summed E-state index contributed by atoms with van der Waals surface area (Å²) >= 11 is 7.09. The molecule has 0 saturated carbocycles. The molecule has 1 aliphatic heterocycles. The van der Waals surface area contributed by atoms with Crippen molar-refractivity contribution >= 4 is 44.6 Å². The van der Waals surface area contributed by atoms with Gasteiger partial charge < -0.3 is 10.2 Å². The van der Waals surface area contributed by atoms with Crippen LogP contribution in [0, 0.1) is 6.92 Å². The van der Waals surface area contributed by atoms with Gasteiger partial charge in [-0.05, 0) is 35.0 Å². The van der Waals surface area contributed by atoms with Gasteiger partial charge in [0.15, 0.2) is 5.96 Å². The zero-order chi connectivity index (χ0) is 16.9. The highest BCUT2D eigenvalue weighted by atomic mass is 79.9. The summed E-state index contributed by atoms with van der Waals surface area (Å²) in [6, 6.07) is 4.33. The zero-order valence-corrected chi connectivity index (χ0v) is 17.2. The topological polar surface area (TPSA) is 43.8 Å². The number of aliphatic imine (C=N–C) groups is 1. The van der Waals surface area contributed by atoms with Crippen LogP contribution in [0.4, 0.5) is 0 Å². The predicted molar refractivity (Wildman–Crippen MR) is 106 cm³/mol. The number of aryl methyl sites for hydroxylation is 1. The molecule has 3 rings (SSSR count). The van der Waals surface area contributed by atoms with Crippen LogP contribution in [0.5, 0.6) is 0 Å². The van der Waals surface area contributed by atoms with E-state index in [0.717, 1.165) is 50.2 Å². The molecule has 2 aromatic heterocycles. The van der Waals surface area contributed by atoms with E-state index in [-0.39, 0.29) is 0 Å². The van der Waals surface area contributed by atoms with E-state index >= 15 is 0 Å². The van der Waals surface area contributed by atoms with Crippen LogP contribution in [0.1, 0.15) is 14.8 Å². The lowest BCUT2D eigenvalue weighted by molar-refractivity contribution is 0.173. The van der Waals surface area contributed by atoms with Crippen LogP contribution in [0.25, 0.3) is 0 Å². The summed E-state index contributed by atoms with van der Waals surface area (Å²) in [6.45, 7) is 8.00. The Morgan fingerprint density at radius 2 is 2.08 bits per heavy atom. The highest BCUT2D eigenvalue weighted by molar-refractivity contribution is 9.11. The molecule has 1 N–H and O–H groups in total. The Morgan fingerprint density at radius 1 is 1.29 bits per heavy atom. The van der Waals surface area contributed by atoms with E-state index in [2.05, 4.69) is 60.1 Å². The maximum Gasteiger partial charge on any atom is 0.194 e. The molecule has 0 aromatic carbocycles. The molecule has 0 aliphatic carbocycles. The number of piperazine rings is 1. The van der Waals surface area contributed by atoms with Gasteiger partial charge in [-0.2, -0.15) is 0 Å². The minimum absolute atomic E-state index is 0.745. The van der Waals surface area contributed by atoms with Crippen molar-refractivity contribution in [3.63, 3.8) is 0 Å². The summed E-state index contributed by atoms with van der Waals surface area (Å²) in [5, 5.41) is 4.54. The molecule has 0 radical (unpaired) electrons. The quantitative estimate of drug-likeness (QED) is 0.600. The van der Waals surface area contributed by atoms with Crippen LogP contribution in [0.15, 0.2) is 27.1 Å². The Labute approximate surface area is 159 Å². The summed E-state index contributed by atoms with van der Waals surface area (Å²) in [5.41, 5.74) is 0. The van der Waals surface area contributed by atoms with Crippen LogP contribution in [-0.4, -0.2) is 54.0 Å². The molecule has 0 unspecified atom stereocenters. The first-order valence-electron chi connectivity index (χ1n) is 7.97. The van der Waals surface area contributed by atoms with Crippen LogP contribution < -0.4 is 5.32 Å². The van der Waals surface area contributed by atoms with Gasteiger partial charge in [0.05, 0.1) is 10.3 Å². The fraction of sp³-hybridized carbons (Fsp3) is 0.500. The number of thiophene rings is 1. The smallest absolute Gasteiger partial charge is 0.194 e. The van der Waals surface area contributed by atoms with Crippen molar-refractivity contribution in [3.05, 3.63) is 36.9 Å².